The van der Waals surface area contributed by atoms with Crippen molar-refractivity contribution in [2.24, 2.45) is 5.92 Å². The van der Waals surface area contributed by atoms with E-state index in [-0.39, 0.29) is 11.7 Å². The van der Waals surface area contributed by atoms with Crippen LogP contribution in [0.15, 0.2) is 6.20 Å². The summed E-state index contributed by atoms with van der Waals surface area (Å²) in [6.45, 7) is 9.11. The monoisotopic (exact) mass is 295 g/mol. The Hall–Kier alpha value is -1.92. The lowest BCUT2D eigenvalue weighted by molar-refractivity contribution is -0.384. The van der Waals surface area contributed by atoms with Crippen molar-refractivity contribution >= 4 is 17.5 Å². The van der Waals surface area contributed by atoms with Crippen molar-refractivity contribution in [3.8, 4) is 0 Å². The average molecular weight is 295 g/mol. The number of hydrogen-bond acceptors (Lipinski definition) is 6. The third-order valence-corrected chi connectivity index (χ3v) is 3.39. The molecule has 0 aliphatic heterocycles. The van der Waals surface area contributed by atoms with Gasteiger partial charge in [-0.25, -0.2) is 4.98 Å². The van der Waals surface area contributed by atoms with E-state index in [0.29, 0.717) is 17.7 Å². The first-order valence-electron chi connectivity index (χ1n) is 7.40. The third kappa shape index (κ3) is 4.27. The summed E-state index contributed by atoms with van der Waals surface area (Å²) < 4.78 is 0. The highest BCUT2D eigenvalue weighted by atomic mass is 16.6. The first kappa shape index (κ1) is 17.1. The summed E-state index contributed by atoms with van der Waals surface area (Å²) in [5.74, 6) is 1.19. The van der Waals surface area contributed by atoms with E-state index < -0.39 is 4.92 Å². The number of aromatic nitrogens is 2. The largest absolute Gasteiger partial charge is 0.357 e. The van der Waals surface area contributed by atoms with Gasteiger partial charge in [0.05, 0.1) is 4.92 Å². The van der Waals surface area contributed by atoms with Gasteiger partial charge in [0.15, 0.2) is 0 Å². The molecular formula is C14H25N5O2. The zero-order valence-corrected chi connectivity index (χ0v) is 13.5. The molecule has 7 heteroatoms. The van der Waals surface area contributed by atoms with Crippen LogP contribution in [-0.4, -0.2) is 34.5 Å². The van der Waals surface area contributed by atoms with Gasteiger partial charge in [-0.15, -0.1) is 0 Å². The maximum Gasteiger partial charge on any atom is 0.329 e. The normalized spacial score (nSPS) is 11.0. The maximum atomic E-state index is 11.3. The maximum absolute atomic E-state index is 11.3. The van der Waals surface area contributed by atoms with E-state index >= 15 is 0 Å². The smallest absolute Gasteiger partial charge is 0.329 e. The van der Waals surface area contributed by atoms with Gasteiger partial charge in [0.2, 0.25) is 11.8 Å². The molecule has 0 aromatic carbocycles. The molecule has 1 rings (SSSR count). The average Bonchev–Trinajstić information content (AvgIpc) is 2.46. The Labute approximate surface area is 125 Å². The summed E-state index contributed by atoms with van der Waals surface area (Å²) in [6, 6.07) is 0.228. The van der Waals surface area contributed by atoms with Gasteiger partial charge < -0.3 is 10.2 Å². The van der Waals surface area contributed by atoms with E-state index in [1.165, 1.54) is 6.20 Å². The highest BCUT2D eigenvalue weighted by Crippen LogP contribution is 2.30. The minimum Gasteiger partial charge on any atom is -0.357 e. The van der Waals surface area contributed by atoms with Crippen molar-refractivity contribution < 1.29 is 4.92 Å². The fraction of sp³-hybridized carbons (Fsp3) is 0.714. The van der Waals surface area contributed by atoms with E-state index in [1.807, 2.05) is 4.90 Å². The van der Waals surface area contributed by atoms with Crippen LogP contribution in [0, 0.1) is 16.0 Å². The number of nitrogens with one attached hydrogen (secondary N) is 1. The van der Waals surface area contributed by atoms with Crippen molar-refractivity contribution in [2.45, 2.75) is 46.6 Å². The minimum atomic E-state index is -0.412. The molecule has 0 aliphatic carbocycles. The zero-order chi connectivity index (χ0) is 16.0. The Morgan fingerprint density at radius 1 is 1.38 bits per heavy atom. The van der Waals surface area contributed by atoms with Crippen LogP contribution in [-0.2, 0) is 0 Å². The van der Waals surface area contributed by atoms with Crippen LogP contribution in [0.5, 0.6) is 0 Å². The van der Waals surface area contributed by atoms with Crippen molar-refractivity contribution in [3.05, 3.63) is 16.3 Å². The van der Waals surface area contributed by atoms with Crippen molar-refractivity contribution in [1.29, 1.82) is 0 Å². The Morgan fingerprint density at radius 2 is 2.00 bits per heavy atom. The molecule has 0 fully saturated rings. The lowest BCUT2D eigenvalue weighted by Gasteiger charge is -2.32. The summed E-state index contributed by atoms with van der Waals surface area (Å²) in [6.07, 6.45) is 3.11. The number of nitro groups is 1. The molecule has 0 aliphatic rings. The molecule has 21 heavy (non-hydrogen) atoms. The van der Waals surface area contributed by atoms with Crippen molar-refractivity contribution in [2.75, 3.05) is 23.8 Å². The van der Waals surface area contributed by atoms with Crippen LogP contribution in [0.3, 0.4) is 0 Å². The summed E-state index contributed by atoms with van der Waals surface area (Å²) >= 11 is 0. The van der Waals surface area contributed by atoms with E-state index in [1.54, 1.807) is 7.05 Å². The molecule has 0 saturated heterocycles. The van der Waals surface area contributed by atoms with Crippen LogP contribution in [0.25, 0.3) is 0 Å². The number of nitrogens with zero attached hydrogens (tertiary/aromatic N) is 4. The lowest BCUT2D eigenvalue weighted by atomic mass is 10.1. The van der Waals surface area contributed by atoms with Gasteiger partial charge >= 0.3 is 5.69 Å². The first-order chi connectivity index (χ1) is 9.94. The molecule has 0 radical (unpaired) electrons. The molecule has 118 valence electrons. The highest BCUT2D eigenvalue weighted by molar-refractivity contribution is 5.59. The lowest BCUT2D eigenvalue weighted by Crippen LogP contribution is -2.38. The van der Waals surface area contributed by atoms with Gasteiger partial charge in [0, 0.05) is 19.6 Å². The Bertz CT molecular complexity index is 474. The summed E-state index contributed by atoms with van der Waals surface area (Å²) in [5, 5.41) is 14.1. The van der Waals surface area contributed by atoms with Crippen LogP contribution in [0.4, 0.5) is 17.5 Å². The minimum absolute atomic E-state index is 0.0402. The molecule has 1 N–H and O–H groups in total. The standard InChI is InChI=1S/C14H25N5O2/c1-6-11(7-2)18(9-10(3)4)13-12(19(20)21)8-16-14(15-5)17-13/h8,10-11H,6-7,9H2,1-5H3,(H,15,16,17). The van der Waals surface area contributed by atoms with E-state index in [0.717, 1.165) is 19.4 Å². The molecule has 7 nitrogen and oxygen atoms in total. The molecule has 1 aromatic heterocycles. The van der Waals surface area contributed by atoms with Crippen LogP contribution in [0.1, 0.15) is 40.5 Å². The number of hydrogen-bond donors (Lipinski definition) is 1. The SMILES string of the molecule is CCC(CC)N(CC(C)C)c1nc(NC)ncc1[N+](=O)[O-]. The quantitative estimate of drug-likeness (QED) is 0.586. The molecular weight excluding hydrogens is 270 g/mol. The zero-order valence-electron chi connectivity index (χ0n) is 13.5. The van der Waals surface area contributed by atoms with Crippen LogP contribution >= 0.6 is 0 Å². The van der Waals surface area contributed by atoms with Crippen LogP contribution < -0.4 is 10.2 Å². The molecule has 0 spiro atoms. The number of rotatable bonds is 8. The molecule has 0 atom stereocenters. The summed E-state index contributed by atoms with van der Waals surface area (Å²) in [5.41, 5.74) is -0.0402. The molecule has 0 amide bonds. The van der Waals surface area contributed by atoms with Gasteiger partial charge in [-0.1, -0.05) is 27.7 Å². The van der Waals surface area contributed by atoms with Crippen molar-refractivity contribution in [3.63, 3.8) is 0 Å². The van der Waals surface area contributed by atoms with Gasteiger partial charge in [-0.05, 0) is 18.8 Å². The molecule has 0 saturated carbocycles. The third-order valence-electron chi connectivity index (χ3n) is 3.39. The topological polar surface area (TPSA) is 84.2 Å². The fourth-order valence-electron chi connectivity index (χ4n) is 2.36. The molecule has 1 heterocycles. The van der Waals surface area contributed by atoms with Gasteiger partial charge in [0.1, 0.15) is 6.20 Å². The molecule has 1 aromatic rings. The van der Waals surface area contributed by atoms with Gasteiger partial charge in [-0.2, -0.15) is 4.98 Å². The van der Waals surface area contributed by atoms with E-state index in [4.69, 9.17) is 0 Å². The Balaban J connectivity index is 3.35. The van der Waals surface area contributed by atoms with Gasteiger partial charge in [0.25, 0.3) is 0 Å². The van der Waals surface area contributed by atoms with Gasteiger partial charge in [-0.3, -0.25) is 10.1 Å². The fourth-order valence-corrected chi connectivity index (χ4v) is 2.36. The highest BCUT2D eigenvalue weighted by Gasteiger charge is 2.27. The Morgan fingerprint density at radius 3 is 2.43 bits per heavy atom. The second kappa shape index (κ2) is 7.75. The Kier molecular flexibility index (Phi) is 6.33. The molecule has 0 bridgehead atoms. The number of anilines is 2. The second-order valence-electron chi connectivity index (χ2n) is 5.43. The second-order valence-corrected chi connectivity index (χ2v) is 5.43. The van der Waals surface area contributed by atoms with Crippen molar-refractivity contribution in [1.82, 2.24) is 9.97 Å². The predicted molar refractivity (Wildman–Crippen MR) is 84.8 cm³/mol. The summed E-state index contributed by atoms with van der Waals surface area (Å²) in [7, 11) is 1.70. The molecule has 0 unspecified atom stereocenters. The van der Waals surface area contributed by atoms with E-state index in [9.17, 15) is 10.1 Å². The van der Waals surface area contributed by atoms with Crippen LogP contribution in [0.2, 0.25) is 0 Å². The summed E-state index contributed by atoms with van der Waals surface area (Å²) in [4.78, 5) is 21.2. The van der Waals surface area contributed by atoms with E-state index in [2.05, 4.69) is 43.0 Å². The predicted octanol–water partition coefficient (Wildman–Crippen LogP) is 3.08. The first-order valence-corrected chi connectivity index (χ1v) is 7.40.